The fraction of sp³-hybridized carbons (Fsp3) is 0.292. The summed E-state index contributed by atoms with van der Waals surface area (Å²) >= 11 is 0. The molecule has 1 fully saturated rings. The van der Waals surface area contributed by atoms with Gasteiger partial charge in [0.1, 0.15) is 11.6 Å². The fourth-order valence-corrected chi connectivity index (χ4v) is 4.43. The molecule has 2 aromatic carbocycles. The van der Waals surface area contributed by atoms with Crippen LogP contribution >= 0.6 is 0 Å². The Labute approximate surface area is 177 Å². The van der Waals surface area contributed by atoms with Crippen LogP contribution in [0.2, 0.25) is 0 Å². The van der Waals surface area contributed by atoms with Gasteiger partial charge in [0, 0.05) is 38.9 Å². The highest BCUT2D eigenvalue weighted by molar-refractivity contribution is 6.81. The maximum absolute atomic E-state index is 13.5. The SMILES string of the molecule is Fc1ccc2c(c1)COB2c1cccc(CCN2CCN(c3ccccn3)CC2)c1. The van der Waals surface area contributed by atoms with E-state index in [1.807, 2.05) is 24.4 Å². The molecule has 30 heavy (non-hydrogen) atoms. The lowest BCUT2D eigenvalue weighted by Crippen LogP contribution is -2.47. The second-order valence-corrected chi connectivity index (χ2v) is 8.05. The molecule has 0 spiro atoms. The third-order valence-electron chi connectivity index (χ3n) is 6.11. The average Bonchev–Trinajstić information content (AvgIpc) is 3.22. The van der Waals surface area contributed by atoms with Gasteiger partial charge in [0.25, 0.3) is 0 Å². The fourth-order valence-electron chi connectivity index (χ4n) is 4.43. The number of aromatic nitrogens is 1. The van der Waals surface area contributed by atoms with E-state index in [-0.39, 0.29) is 12.7 Å². The Kier molecular flexibility index (Phi) is 5.51. The summed E-state index contributed by atoms with van der Waals surface area (Å²) in [6.07, 6.45) is 2.87. The Hall–Kier alpha value is -2.70. The number of piperazine rings is 1. The van der Waals surface area contributed by atoms with Crippen LogP contribution in [0.5, 0.6) is 0 Å². The summed E-state index contributed by atoms with van der Waals surface area (Å²) in [4.78, 5) is 9.34. The minimum absolute atomic E-state index is 0.0949. The van der Waals surface area contributed by atoms with Crippen LogP contribution in [0, 0.1) is 5.82 Å². The first kappa shape index (κ1) is 19.3. The van der Waals surface area contributed by atoms with Crippen LogP contribution < -0.4 is 15.8 Å². The van der Waals surface area contributed by atoms with E-state index in [2.05, 4.69) is 45.1 Å². The van der Waals surface area contributed by atoms with Crippen molar-refractivity contribution in [1.29, 1.82) is 0 Å². The quantitative estimate of drug-likeness (QED) is 0.614. The Morgan fingerprint density at radius 1 is 0.967 bits per heavy atom. The summed E-state index contributed by atoms with van der Waals surface area (Å²) < 4.78 is 19.5. The van der Waals surface area contributed by atoms with Gasteiger partial charge in [-0.2, -0.15) is 0 Å². The molecule has 0 aliphatic carbocycles. The number of rotatable bonds is 5. The van der Waals surface area contributed by atoms with Crippen LogP contribution in [-0.2, 0) is 17.7 Å². The van der Waals surface area contributed by atoms with Crippen molar-refractivity contribution in [2.75, 3.05) is 37.6 Å². The predicted molar refractivity (Wildman–Crippen MR) is 119 cm³/mol. The van der Waals surface area contributed by atoms with Crippen LogP contribution in [0.1, 0.15) is 11.1 Å². The van der Waals surface area contributed by atoms with Gasteiger partial charge in [0.2, 0.25) is 0 Å². The molecule has 1 saturated heterocycles. The molecule has 0 N–H and O–H groups in total. The summed E-state index contributed by atoms with van der Waals surface area (Å²) in [5, 5.41) is 0. The normalized spacial score (nSPS) is 16.7. The van der Waals surface area contributed by atoms with E-state index in [9.17, 15) is 4.39 Å². The van der Waals surface area contributed by atoms with Gasteiger partial charge < -0.3 is 9.55 Å². The number of anilines is 1. The zero-order valence-electron chi connectivity index (χ0n) is 17.0. The topological polar surface area (TPSA) is 28.6 Å². The highest BCUT2D eigenvalue weighted by Gasteiger charge is 2.30. The standard InChI is InChI=1S/C24H25BFN3O/c26-22-7-8-23-20(17-22)18-30-25(23)21-5-3-4-19(16-21)9-11-28-12-14-29(15-13-28)24-6-1-2-10-27-24/h1-8,10,16-17H,9,11-15,18H2. The molecule has 0 saturated carbocycles. The third-order valence-corrected chi connectivity index (χ3v) is 6.11. The molecule has 0 bridgehead atoms. The second kappa shape index (κ2) is 8.58. The average molecular weight is 401 g/mol. The molecule has 0 amide bonds. The van der Waals surface area contributed by atoms with Crippen molar-refractivity contribution in [3.63, 3.8) is 0 Å². The van der Waals surface area contributed by atoms with Gasteiger partial charge in [-0.25, -0.2) is 9.37 Å². The first-order valence-electron chi connectivity index (χ1n) is 10.6. The number of halogens is 1. The molecule has 3 heterocycles. The maximum atomic E-state index is 13.5. The van der Waals surface area contributed by atoms with Crippen molar-refractivity contribution < 1.29 is 9.04 Å². The Morgan fingerprint density at radius 2 is 1.87 bits per heavy atom. The minimum Gasteiger partial charge on any atom is -0.423 e. The van der Waals surface area contributed by atoms with Crippen molar-refractivity contribution in [3.8, 4) is 0 Å². The monoisotopic (exact) mass is 401 g/mol. The molecule has 0 radical (unpaired) electrons. The first-order valence-corrected chi connectivity index (χ1v) is 10.6. The number of fused-ring (bicyclic) bond motifs is 1. The van der Waals surface area contributed by atoms with Crippen LogP contribution in [-0.4, -0.2) is 49.5 Å². The van der Waals surface area contributed by atoms with Gasteiger partial charge >= 0.3 is 6.92 Å². The number of nitrogens with zero attached hydrogens (tertiary/aromatic N) is 3. The Balaban J connectivity index is 1.19. The van der Waals surface area contributed by atoms with Crippen LogP contribution in [0.25, 0.3) is 0 Å². The molecular weight excluding hydrogens is 376 g/mol. The summed E-state index contributed by atoms with van der Waals surface area (Å²) in [6.45, 7) is 5.57. The van der Waals surface area contributed by atoms with E-state index in [4.69, 9.17) is 4.65 Å². The number of hydrogen-bond donors (Lipinski definition) is 0. The molecule has 3 aromatic rings. The van der Waals surface area contributed by atoms with E-state index in [1.54, 1.807) is 6.07 Å². The van der Waals surface area contributed by atoms with E-state index in [0.717, 1.165) is 61.5 Å². The van der Waals surface area contributed by atoms with Crippen LogP contribution in [0.15, 0.2) is 66.9 Å². The van der Waals surface area contributed by atoms with Crippen molar-refractivity contribution in [1.82, 2.24) is 9.88 Å². The molecule has 1 aromatic heterocycles. The molecule has 0 unspecified atom stereocenters. The van der Waals surface area contributed by atoms with Crippen LogP contribution in [0.3, 0.4) is 0 Å². The number of hydrogen-bond acceptors (Lipinski definition) is 4. The zero-order valence-corrected chi connectivity index (χ0v) is 17.0. The van der Waals surface area contributed by atoms with Gasteiger partial charge in [-0.3, -0.25) is 4.90 Å². The summed E-state index contributed by atoms with van der Waals surface area (Å²) in [5.41, 5.74) is 4.51. The molecule has 2 aliphatic rings. The summed E-state index contributed by atoms with van der Waals surface area (Å²) in [6, 6.07) is 19.7. The van der Waals surface area contributed by atoms with E-state index in [1.165, 1.54) is 11.6 Å². The van der Waals surface area contributed by atoms with E-state index >= 15 is 0 Å². The second-order valence-electron chi connectivity index (χ2n) is 8.05. The van der Waals surface area contributed by atoms with Gasteiger partial charge in [0.15, 0.2) is 0 Å². The molecule has 6 heteroatoms. The Morgan fingerprint density at radius 3 is 2.70 bits per heavy atom. The number of pyridine rings is 1. The summed E-state index contributed by atoms with van der Waals surface area (Å²) in [5.74, 6) is 0.872. The molecule has 2 aliphatic heterocycles. The minimum atomic E-state index is -0.199. The van der Waals surface area contributed by atoms with Crippen molar-refractivity contribution in [2.45, 2.75) is 13.0 Å². The van der Waals surface area contributed by atoms with E-state index in [0.29, 0.717) is 6.61 Å². The van der Waals surface area contributed by atoms with Gasteiger partial charge in [0.05, 0.1) is 6.61 Å². The first-order chi connectivity index (χ1) is 14.8. The molecule has 5 rings (SSSR count). The third kappa shape index (κ3) is 4.11. The van der Waals surface area contributed by atoms with Crippen molar-refractivity contribution in [3.05, 3.63) is 83.8 Å². The lowest BCUT2D eigenvalue weighted by Gasteiger charge is -2.35. The Bertz CT molecular complexity index is 1010. The molecule has 0 atom stereocenters. The van der Waals surface area contributed by atoms with E-state index < -0.39 is 0 Å². The maximum Gasteiger partial charge on any atom is 0.362 e. The van der Waals surface area contributed by atoms with Crippen molar-refractivity contribution in [2.24, 2.45) is 0 Å². The van der Waals surface area contributed by atoms with Gasteiger partial charge in [-0.1, -0.05) is 36.4 Å². The highest BCUT2D eigenvalue weighted by atomic mass is 19.1. The predicted octanol–water partition coefficient (Wildman–Crippen LogP) is 2.22. The number of benzene rings is 2. The highest BCUT2D eigenvalue weighted by Crippen LogP contribution is 2.15. The lowest BCUT2D eigenvalue weighted by molar-refractivity contribution is 0.260. The lowest BCUT2D eigenvalue weighted by atomic mass is 9.55. The molecular formula is C24H25BFN3O. The molecule has 4 nitrogen and oxygen atoms in total. The molecule has 152 valence electrons. The van der Waals surface area contributed by atoms with Crippen molar-refractivity contribution >= 4 is 23.7 Å². The smallest absolute Gasteiger partial charge is 0.362 e. The van der Waals surface area contributed by atoms with Gasteiger partial charge in [-0.15, -0.1) is 0 Å². The van der Waals surface area contributed by atoms with Gasteiger partial charge in [-0.05, 0) is 52.7 Å². The summed E-state index contributed by atoms with van der Waals surface area (Å²) in [7, 11) is 0. The zero-order chi connectivity index (χ0) is 20.3. The largest absolute Gasteiger partial charge is 0.423 e. The van der Waals surface area contributed by atoms with Crippen LogP contribution in [0.4, 0.5) is 10.2 Å².